The van der Waals surface area contributed by atoms with Crippen LogP contribution >= 0.6 is 0 Å². The van der Waals surface area contributed by atoms with Gasteiger partial charge in [0.15, 0.2) is 11.6 Å². The normalized spacial score (nSPS) is 20.6. The summed E-state index contributed by atoms with van der Waals surface area (Å²) < 4.78 is 6.76. The van der Waals surface area contributed by atoms with Crippen LogP contribution in [0.4, 0.5) is 5.82 Å². The molecule has 0 saturated carbocycles. The zero-order valence-electron chi connectivity index (χ0n) is 17.5. The van der Waals surface area contributed by atoms with E-state index in [1.807, 2.05) is 26.0 Å². The summed E-state index contributed by atoms with van der Waals surface area (Å²) >= 11 is 0. The van der Waals surface area contributed by atoms with E-state index in [0.29, 0.717) is 27.2 Å². The predicted octanol–water partition coefficient (Wildman–Crippen LogP) is 2.51. The first-order chi connectivity index (χ1) is 15.2. The van der Waals surface area contributed by atoms with Crippen molar-refractivity contribution in [2.75, 3.05) is 5.73 Å². The second-order valence-electron chi connectivity index (χ2n) is 8.47. The zero-order valence-corrected chi connectivity index (χ0v) is 17.5. The number of Topliss-reactive ketones (excluding diaryl/α,β-unsaturated/α-hetero) is 1. The number of anilines is 1. The minimum atomic E-state index is -1.59. The van der Waals surface area contributed by atoms with E-state index in [1.54, 1.807) is 30.3 Å². The van der Waals surface area contributed by atoms with E-state index in [9.17, 15) is 19.6 Å². The molecule has 2 atom stereocenters. The lowest BCUT2D eigenvalue weighted by atomic mass is 9.70. The number of ketones is 1. The Morgan fingerprint density at radius 3 is 2.56 bits per heavy atom. The van der Waals surface area contributed by atoms with Gasteiger partial charge in [0.05, 0.1) is 6.20 Å². The first-order valence-electron chi connectivity index (χ1n) is 10.2. The van der Waals surface area contributed by atoms with Crippen molar-refractivity contribution in [1.82, 2.24) is 4.73 Å². The average molecular weight is 431 g/mol. The third kappa shape index (κ3) is 2.29. The Morgan fingerprint density at radius 2 is 1.88 bits per heavy atom. The van der Waals surface area contributed by atoms with Crippen LogP contribution in [-0.4, -0.2) is 21.6 Å². The molecule has 0 bridgehead atoms. The molecule has 5 rings (SSSR count). The van der Waals surface area contributed by atoms with Crippen LogP contribution in [0.15, 0.2) is 53.5 Å². The van der Waals surface area contributed by atoms with Gasteiger partial charge < -0.3 is 21.4 Å². The maximum absolute atomic E-state index is 14.0. The molecule has 2 heterocycles. The van der Waals surface area contributed by atoms with Gasteiger partial charge in [-0.15, -0.1) is 0 Å². The molecule has 1 aliphatic heterocycles. The second kappa shape index (κ2) is 6.46. The number of nitrogen functional groups attached to an aromatic ring is 1. The Hall–Kier alpha value is -4.07. The summed E-state index contributed by atoms with van der Waals surface area (Å²) in [6.07, 6.45) is 0.232. The number of nitrogens with zero attached hydrogens (tertiary/aromatic N) is 1. The fraction of sp³-hybridized carbons (Fsp3) is 0.208. The van der Waals surface area contributed by atoms with Crippen LogP contribution in [0.3, 0.4) is 0 Å². The van der Waals surface area contributed by atoms with Gasteiger partial charge in [0.1, 0.15) is 22.8 Å². The van der Waals surface area contributed by atoms with Gasteiger partial charge in [0, 0.05) is 22.3 Å². The first kappa shape index (κ1) is 19.9. The van der Waals surface area contributed by atoms with Gasteiger partial charge in [-0.25, -0.2) is 0 Å². The quantitative estimate of drug-likeness (QED) is 0.545. The van der Waals surface area contributed by atoms with Crippen molar-refractivity contribution in [3.05, 3.63) is 92.3 Å². The standard InChI is InChI=1S/C24H21N3O5/c1-11(2)12-7-8-15-17(9-12)32-21-14-6-4-3-5-13(14)20(29)24(15,21)16-10-27(31)22(25)18(19(16)28)23(26)30/h3-11,21,31H,25H2,1-2H3,(H2,26,30). The number of fused-ring (bicyclic) bond motifs is 5. The number of primary amides is 1. The number of carbonyl (C=O) groups excluding carboxylic acids is 2. The smallest absolute Gasteiger partial charge is 0.256 e. The van der Waals surface area contributed by atoms with E-state index in [-0.39, 0.29) is 17.3 Å². The highest BCUT2D eigenvalue weighted by Crippen LogP contribution is 2.59. The zero-order chi connectivity index (χ0) is 22.9. The number of hydrogen-bond donors (Lipinski definition) is 3. The molecule has 32 heavy (non-hydrogen) atoms. The van der Waals surface area contributed by atoms with Crippen LogP contribution in [0.5, 0.6) is 5.75 Å². The van der Waals surface area contributed by atoms with Crippen LogP contribution < -0.4 is 21.6 Å². The van der Waals surface area contributed by atoms with Gasteiger partial charge in [0.2, 0.25) is 5.43 Å². The Morgan fingerprint density at radius 1 is 1.16 bits per heavy atom. The van der Waals surface area contributed by atoms with Crippen molar-refractivity contribution in [2.45, 2.75) is 31.3 Å². The topological polar surface area (TPSA) is 138 Å². The van der Waals surface area contributed by atoms with Crippen molar-refractivity contribution in [3.63, 3.8) is 0 Å². The lowest BCUT2D eigenvalue weighted by molar-refractivity contribution is 0.0848. The summed E-state index contributed by atoms with van der Waals surface area (Å²) in [7, 11) is 0. The van der Waals surface area contributed by atoms with Gasteiger partial charge in [0.25, 0.3) is 5.91 Å². The van der Waals surface area contributed by atoms with Crippen molar-refractivity contribution in [3.8, 4) is 5.75 Å². The molecule has 0 saturated heterocycles. The highest BCUT2D eigenvalue weighted by molar-refractivity contribution is 6.13. The average Bonchev–Trinajstić information content (AvgIpc) is 3.21. The van der Waals surface area contributed by atoms with Gasteiger partial charge >= 0.3 is 0 Å². The van der Waals surface area contributed by atoms with Crippen LogP contribution in [0.2, 0.25) is 0 Å². The number of benzene rings is 2. The molecule has 1 amide bonds. The Labute approximate surface area is 183 Å². The molecule has 2 aromatic carbocycles. The number of amides is 1. The Balaban J connectivity index is 1.90. The molecule has 5 N–H and O–H groups in total. The summed E-state index contributed by atoms with van der Waals surface area (Å²) in [6, 6.07) is 12.5. The molecule has 3 aromatic rings. The third-order valence-corrected chi connectivity index (χ3v) is 6.48. The van der Waals surface area contributed by atoms with Gasteiger partial charge in [-0.05, 0) is 17.5 Å². The molecule has 8 nitrogen and oxygen atoms in total. The lowest BCUT2D eigenvalue weighted by Crippen LogP contribution is -2.43. The molecule has 1 aliphatic carbocycles. The monoisotopic (exact) mass is 431 g/mol. The van der Waals surface area contributed by atoms with Crippen LogP contribution in [0.1, 0.15) is 68.8 Å². The third-order valence-electron chi connectivity index (χ3n) is 6.48. The van der Waals surface area contributed by atoms with E-state index >= 15 is 0 Å². The van der Waals surface area contributed by atoms with Gasteiger partial charge in [-0.1, -0.05) is 50.2 Å². The molecule has 2 aliphatic rings. The first-order valence-corrected chi connectivity index (χ1v) is 10.2. The number of ether oxygens (including phenoxy) is 1. The van der Waals surface area contributed by atoms with E-state index in [0.717, 1.165) is 11.8 Å². The number of aromatic nitrogens is 1. The molecule has 0 fully saturated rings. The largest absolute Gasteiger partial charge is 0.484 e. The van der Waals surface area contributed by atoms with E-state index in [4.69, 9.17) is 16.2 Å². The summed E-state index contributed by atoms with van der Waals surface area (Å²) in [5.74, 6) is -1.24. The second-order valence-corrected chi connectivity index (χ2v) is 8.47. The number of hydrogen-bond acceptors (Lipinski definition) is 6. The predicted molar refractivity (Wildman–Crippen MR) is 116 cm³/mol. The number of rotatable bonds is 3. The molecule has 8 heteroatoms. The van der Waals surface area contributed by atoms with Crippen molar-refractivity contribution < 1.29 is 19.5 Å². The SMILES string of the molecule is CC(C)c1ccc2c(c1)OC1c3ccccc3C(=O)C21c1cn(O)c(N)c(C(N)=O)c1=O. The van der Waals surface area contributed by atoms with E-state index in [1.165, 1.54) is 0 Å². The van der Waals surface area contributed by atoms with Crippen LogP contribution in [0.25, 0.3) is 0 Å². The highest BCUT2D eigenvalue weighted by Gasteiger charge is 2.63. The van der Waals surface area contributed by atoms with Crippen LogP contribution in [0, 0.1) is 0 Å². The summed E-state index contributed by atoms with van der Waals surface area (Å²) in [6.45, 7) is 4.08. The fourth-order valence-electron chi connectivity index (χ4n) is 4.90. The summed E-state index contributed by atoms with van der Waals surface area (Å²) in [5.41, 5.74) is 10.6. The van der Waals surface area contributed by atoms with E-state index < -0.39 is 34.2 Å². The fourth-order valence-corrected chi connectivity index (χ4v) is 4.90. The van der Waals surface area contributed by atoms with Crippen LogP contribution in [-0.2, 0) is 5.41 Å². The number of nitrogens with two attached hydrogens (primary N) is 2. The Bertz CT molecular complexity index is 1390. The van der Waals surface area contributed by atoms with Gasteiger partial charge in [-0.2, -0.15) is 4.73 Å². The summed E-state index contributed by atoms with van der Waals surface area (Å²) in [5, 5.41) is 10.4. The Kier molecular flexibility index (Phi) is 4.01. The van der Waals surface area contributed by atoms with Crippen molar-refractivity contribution in [1.29, 1.82) is 0 Å². The molecule has 1 aromatic heterocycles. The van der Waals surface area contributed by atoms with E-state index in [2.05, 4.69) is 0 Å². The van der Waals surface area contributed by atoms with Gasteiger partial charge in [-0.3, -0.25) is 14.4 Å². The number of carbonyl (C=O) groups is 2. The molecule has 2 unspecified atom stereocenters. The molecule has 0 spiro atoms. The molecular formula is C24H21N3O5. The molecule has 0 radical (unpaired) electrons. The van der Waals surface area contributed by atoms with Crippen molar-refractivity contribution in [2.24, 2.45) is 5.73 Å². The maximum atomic E-state index is 14.0. The van der Waals surface area contributed by atoms with Crippen molar-refractivity contribution >= 4 is 17.5 Å². The summed E-state index contributed by atoms with van der Waals surface area (Å²) in [4.78, 5) is 39.4. The maximum Gasteiger partial charge on any atom is 0.256 e. The lowest BCUT2D eigenvalue weighted by Gasteiger charge is -2.27. The number of pyridine rings is 1. The highest BCUT2D eigenvalue weighted by atomic mass is 16.5. The molecule has 162 valence electrons. The molecular weight excluding hydrogens is 410 g/mol. The minimum absolute atomic E-state index is 0.120. The minimum Gasteiger partial charge on any atom is -0.484 e.